The minimum atomic E-state index is 0.726. The molecule has 0 bridgehead atoms. The molecule has 56 valence electrons. The molecule has 0 N–H and O–H groups in total. The predicted molar refractivity (Wildman–Crippen MR) is 52.3 cm³/mol. The minimum absolute atomic E-state index is 0.726. The fourth-order valence-electron chi connectivity index (χ4n) is 1.05. The molecule has 0 fully saturated rings. The van der Waals surface area contributed by atoms with Crippen molar-refractivity contribution >= 4 is 34.2 Å². The van der Waals surface area contributed by atoms with Crippen molar-refractivity contribution in [1.82, 2.24) is 4.37 Å². The van der Waals surface area contributed by atoms with Crippen LogP contribution in [0.3, 0.4) is 0 Å². The average molecular weight is 181 g/mol. The Kier molecular flexibility index (Phi) is 1.84. The quantitative estimate of drug-likeness (QED) is 0.667. The van der Waals surface area contributed by atoms with E-state index in [9.17, 15) is 0 Å². The number of hydrogen-bond donors (Lipinski definition) is 1. The van der Waals surface area contributed by atoms with E-state index in [-0.39, 0.29) is 0 Å². The summed E-state index contributed by atoms with van der Waals surface area (Å²) in [6, 6.07) is 8.23. The van der Waals surface area contributed by atoms with Gasteiger partial charge in [-0.25, -0.2) is 0 Å². The first-order valence-corrected chi connectivity index (χ1v) is 4.76. The van der Waals surface area contributed by atoms with Gasteiger partial charge in [0.05, 0.1) is 10.4 Å². The maximum Gasteiger partial charge on any atom is 0.0717 e. The molecule has 1 aromatic heterocycles. The molecule has 1 aromatic carbocycles. The van der Waals surface area contributed by atoms with Crippen LogP contribution in [0.2, 0.25) is 0 Å². The molecule has 0 saturated carbocycles. The van der Waals surface area contributed by atoms with E-state index in [2.05, 4.69) is 29.1 Å². The Morgan fingerprint density at radius 1 is 1.36 bits per heavy atom. The molecule has 0 atom stereocenters. The van der Waals surface area contributed by atoms with Crippen LogP contribution in [0, 0.1) is 0 Å². The van der Waals surface area contributed by atoms with Crippen LogP contribution in [-0.2, 0) is 5.75 Å². The molecule has 0 saturated heterocycles. The van der Waals surface area contributed by atoms with Gasteiger partial charge in [0.25, 0.3) is 0 Å². The summed E-state index contributed by atoms with van der Waals surface area (Å²) in [5, 5.41) is 1.24. The molecule has 3 heteroatoms. The summed E-state index contributed by atoms with van der Waals surface area (Å²) in [4.78, 5) is 0. The Balaban J connectivity index is 2.76. The molecule has 11 heavy (non-hydrogen) atoms. The van der Waals surface area contributed by atoms with E-state index in [1.54, 1.807) is 0 Å². The summed E-state index contributed by atoms with van der Waals surface area (Å²) in [6.07, 6.45) is 0. The van der Waals surface area contributed by atoms with Gasteiger partial charge in [0, 0.05) is 11.1 Å². The molecular weight excluding hydrogens is 174 g/mol. The van der Waals surface area contributed by atoms with Gasteiger partial charge in [-0.1, -0.05) is 18.2 Å². The lowest BCUT2D eigenvalue weighted by atomic mass is 10.2. The Hall–Kier alpha value is -0.540. The first-order chi connectivity index (χ1) is 5.42. The van der Waals surface area contributed by atoms with Crippen LogP contribution in [0.5, 0.6) is 0 Å². The second-order valence-electron chi connectivity index (χ2n) is 2.28. The Morgan fingerprint density at radius 2 is 2.18 bits per heavy atom. The highest BCUT2D eigenvalue weighted by molar-refractivity contribution is 7.79. The summed E-state index contributed by atoms with van der Waals surface area (Å²) in [7, 11) is 0. The first kappa shape index (κ1) is 7.13. The second-order valence-corrected chi connectivity index (χ2v) is 3.40. The van der Waals surface area contributed by atoms with Gasteiger partial charge in [-0.05, 0) is 17.6 Å². The highest BCUT2D eigenvalue weighted by atomic mass is 32.1. The summed E-state index contributed by atoms with van der Waals surface area (Å²) < 4.78 is 5.53. The van der Waals surface area contributed by atoms with Crippen molar-refractivity contribution in [3.8, 4) is 0 Å². The molecule has 0 unspecified atom stereocenters. The third kappa shape index (κ3) is 1.14. The van der Waals surface area contributed by atoms with Crippen LogP contribution < -0.4 is 0 Å². The summed E-state index contributed by atoms with van der Waals surface area (Å²) in [6.45, 7) is 0. The van der Waals surface area contributed by atoms with Crippen molar-refractivity contribution in [2.75, 3.05) is 0 Å². The summed E-state index contributed by atoms with van der Waals surface area (Å²) in [5.74, 6) is 0.726. The molecule has 0 spiro atoms. The molecule has 1 heterocycles. The molecule has 1 nitrogen and oxygen atoms in total. The summed E-state index contributed by atoms with van der Waals surface area (Å²) in [5.41, 5.74) is 1.09. The molecule has 0 aliphatic rings. The van der Waals surface area contributed by atoms with Gasteiger partial charge >= 0.3 is 0 Å². The molecular formula is C8H7NS2. The molecule has 0 amide bonds. The lowest BCUT2D eigenvalue weighted by Gasteiger charge is -1.88. The minimum Gasteiger partial charge on any atom is -0.196 e. The lowest BCUT2D eigenvalue weighted by molar-refractivity contribution is 1.34. The van der Waals surface area contributed by atoms with Crippen molar-refractivity contribution in [3.63, 3.8) is 0 Å². The molecule has 0 radical (unpaired) electrons. The standard InChI is InChI=1S/C8H7NS2/c10-5-7-6-3-1-2-4-8(6)11-9-7/h1-4,10H,5H2. The Labute approximate surface area is 74.6 Å². The van der Waals surface area contributed by atoms with E-state index in [1.807, 2.05) is 12.1 Å². The van der Waals surface area contributed by atoms with Gasteiger partial charge in [-0.2, -0.15) is 17.0 Å². The van der Waals surface area contributed by atoms with E-state index < -0.39 is 0 Å². The van der Waals surface area contributed by atoms with Crippen LogP contribution in [0.15, 0.2) is 24.3 Å². The second kappa shape index (κ2) is 2.83. The third-order valence-electron chi connectivity index (χ3n) is 1.60. The van der Waals surface area contributed by atoms with Crippen molar-refractivity contribution in [1.29, 1.82) is 0 Å². The lowest BCUT2D eigenvalue weighted by Crippen LogP contribution is -1.74. The zero-order valence-corrected chi connectivity index (χ0v) is 7.53. The summed E-state index contributed by atoms with van der Waals surface area (Å²) >= 11 is 5.74. The number of fused-ring (bicyclic) bond motifs is 1. The van der Waals surface area contributed by atoms with Crippen molar-refractivity contribution in [2.45, 2.75) is 5.75 Å². The molecule has 0 aliphatic heterocycles. The smallest absolute Gasteiger partial charge is 0.0717 e. The van der Waals surface area contributed by atoms with Crippen molar-refractivity contribution < 1.29 is 0 Å². The van der Waals surface area contributed by atoms with Crippen molar-refractivity contribution in [3.05, 3.63) is 30.0 Å². The zero-order valence-electron chi connectivity index (χ0n) is 5.82. The molecule has 2 rings (SSSR count). The van der Waals surface area contributed by atoms with Gasteiger partial charge in [0.1, 0.15) is 0 Å². The number of nitrogens with zero attached hydrogens (tertiary/aromatic N) is 1. The first-order valence-electron chi connectivity index (χ1n) is 3.36. The third-order valence-corrected chi connectivity index (χ3v) is 2.77. The van der Waals surface area contributed by atoms with Crippen molar-refractivity contribution in [2.24, 2.45) is 0 Å². The van der Waals surface area contributed by atoms with Gasteiger partial charge in [0.2, 0.25) is 0 Å². The van der Waals surface area contributed by atoms with Gasteiger partial charge in [-0.15, -0.1) is 0 Å². The van der Waals surface area contributed by atoms with E-state index in [4.69, 9.17) is 0 Å². The fourth-order valence-corrected chi connectivity index (χ4v) is 2.18. The molecule has 0 aliphatic carbocycles. The predicted octanol–water partition coefficient (Wildman–Crippen LogP) is 2.73. The van der Waals surface area contributed by atoms with E-state index in [0.29, 0.717) is 0 Å². The normalized spacial score (nSPS) is 10.6. The van der Waals surface area contributed by atoms with Gasteiger partial charge in [0.15, 0.2) is 0 Å². The SMILES string of the molecule is SCc1nsc2ccccc12. The Morgan fingerprint density at radius 3 is 3.00 bits per heavy atom. The number of aromatic nitrogens is 1. The van der Waals surface area contributed by atoms with E-state index in [1.165, 1.54) is 21.6 Å². The van der Waals surface area contributed by atoms with Gasteiger partial charge in [-0.3, -0.25) is 0 Å². The topological polar surface area (TPSA) is 12.9 Å². The van der Waals surface area contributed by atoms with Crippen LogP contribution in [0.25, 0.3) is 10.1 Å². The molecule has 2 aromatic rings. The fraction of sp³-hybridized carbons (Fsp3) is 0.125. The number of thiol groups is 1. The number of rotatable bonds is 1. The highest BCUT2D eigenvalue weighted by Crippen LogP contribution is 2.22. The van der Waals surface area contributed by atoms with Crippen LogP contribution >= 0.6 is 24.2 Å². The monoisotopic (exact) mass is 181 g/mol. The maximum atomic E-state index is 4.28. The van der Waals surface area contributed by atoms with E-state index in [0.717, 1.165) is 11.4 Å². The Bertz CT molecular complexity index is 367. The number of hydrogen-bond acceptors (Lipinski definition) is 3. The van der Waals surface area contributed by atoms with Crippen LogP contribution in [0.1, 0.15) is 5.69 Å². The van der Waals surface area contributed by atoms with Crippen LogP contribution in [0.4, 0.5) is 0 Å². The maximum absolute atomic E-state index is 4.28. The van der Waals surface area contributed by atoms with Gasteiger partial charge < -0.3 is 0 Å². The van der Waals surface area contributed by atoms with E-state index >= 15 is 0 Å². The van der Waals surface area contributed by atoms with Crippen LogP contribution in [-0.4, -0.2) is 4.37 Å². The highest BCUT2D eigenvalue weighted by Gasteiger charge is 2.01. The number of benzene rings is 1. The average Bonchev–Trinajstić information content (AvgIpc) is 2.47. The zero-order chi connectivity index (χ0) is 7.68. The largest absolute Gasteiger partial charge is 0.196 e.